The van der Waals surface area contributed by atoms with Crippen LogP contribution in [-0.2, 0) is 0 Å². The lowest BCUT2D eigenvalue weighted by molar-refractivity contribution is 0.415. The molecule has 1 atom stereocenters. The average molecular weight is 408 g/mol. The van der Waals surface area contributed by atoms with Crippen molar-refractivity contribution in [3.63, 3.8) is 0 Å². The summed E-state index contributed by atoms with van der Waals surface area (Å²) < 4.78 is 12.8. The van der Waals surface area contributed by atoms with E-state index in [0.717, 1.165) is 22.6 Å². The van der Waals surface area contributed by atoms with Gasteiger partial charge in [-0.1, -0.05) is 23.9 Å². The van der Waals surface area contributed by atoms with Gasteiger partial charge in [0.2, 0.25) is 16.9 Å². The molecule has 0 spiro atoms. The summed E-state index contributed by atoms with van der Waals surface area (Å²) in [6.45, 7) is 6.11. The molecule has 0 bridgehead atoms. The van der Waals surface area contributed by atoms with Gasteiger partial charge in [-0.05, 0) is 72.7 Å². The minimum absolute atomic E-state index is 0.121. The van der Waals surface area contributed by atoms with Crippen LogP contribution in [0.5, 0.6) is 5.75 Å². The fourth-order valence-corrected chi connectivity index (χ4v) is 3.66. The highest BCUT2D eigenvalue weighted by Crippen LogP contribution is 2.35. The summed E-state index contributed by atoms with van der Waals surface area (Å²) >= 11 is 1.46. The Morgan fingerprint density at radius 1 is 1.03 bits per heavy atom. The van der Waals surface area contributed by atoms with Crippen molar-refractivity contribution < 1.29 is 9.15 Å². The molecule has 0 aliphatic rings. The summed E-state index contributed by atoms with van der Waals surface area (Å²) in [6.07, 6.45) is 0. The van der Waals surface area contributed by atoms with Gasteiger partial charge in [0.15, 0.2) is 0 Å². The fourth-order valence-electron chi connectivity index (χ4n) is 2.83. The Morgan fingerprint density at radius 2 is 1.83 bits per heavy atom. The maximum Gasteiger partial charge on any atom is 0.247 e. The summed E-state index contributed by atoms with van der Waals surface area (Å²) in [5.41, 5.74) is 4.10. The molecule has 4 aromatic rings. The van der Waals surface area contributed by atoms with E-state index >= 15 is 0 Å². The zero-order chi connectivity index (χ0) is 20.4. The van der Waals surface area contributed by atoms with Gasteiger partial charge in [0.05, 0.1) is 18.0 Å². The van der Waals surface area contributed by atoms with Gasteiger partial charge in [-0.25, -0.2) is 0 Å². The number of aryl methyl sites for hydroxylation is 1. The molecule has 0 aliphatic carbocycles. The van der Waals surface area contributed by atoms with Crippen LogP contribution in [0.3, 0.4) is 0 Å². The number of rotatable bonds is 6. The number of thioether (sulfide) groups is 1. The van der Waals surface area contributed by atoms with Gasteiger partial charge >= 0.3 is 0 Å². The standard InChI is InChI=1S/C20H20N6O2S/c1-12-6-5-7-17(13(12)2)26-20(23-24-25-26)29-14(3)18-21-22-19(28-18)15-8-10-16(27-4)11-9-15/h5-11,14H,1-4H3. The topological polar surface area (TPSA) is 91.8 Å². The summed E-state index contributed by atoms with van der Waals surface area (Å²) in [7, 11) is 1.63. The van der Waals surface area contributed by atoms with Crippen LogP contribution in [0, 0.1) is 13.8 Å². The molecule has 9 heteroatoms. The third kappa shape index (κ3) is 3.86. The minimum Gasteiger partial charge on any atom is -0.497 e. The van der Waals surface area contributed by atoms with Crippen LogP contribution in [-0.4, -0.2) is 37.5 Å². The number of hydrogen-bond donors (Lipinski definition) is 0. The Kier molecular flexibility index (Phi) is 5.30. The van der Waals surface area contributed by atoms with E-state index in [9.17, 15) is 0 Å². The van der Waals surface area contributed by atoms with Crippen molar-refractivity contribution in [1.82, 2.24) is 30.4 Å². The third-order valence-corrected chi connectivity index (χ3v) is 5.67. The first kappa shape index (κ1) is 19.1. The van der Waals surface area contributed by atoms with E-state index in [1.807, 2.05) is 43.3 Å². The number of ether oxygens (including phenoxy) is 1. The van der Waals surface area contributed by atoms with Crippen LogP contribution >= 0.6 is 11.8 Å². The Morgan fingerprint density at radius 3 is 2.59 bits per heavy atom. The molecule has 0 N–H and O–H groups in total. The van der Waals surface area contributed by atoms with E-state index in [4.69, 9.17) is 9.15 Å². The van der Waals surface area contributed by atoms with Crippen molar-refractivity contribution >= 4 is 11.8 Å². The van der Waals surface area contributed by atoms with E-state index in [1.165, 1.54) is 17.3 Å². The molecule has 0 radical (unpaired) electrons. The maximum atomic E-state index is 5.88. The first-order valence-electron chi connectivity index (χ1n) is 9.06. The van der Waals surface area contributed by atoms with Crippen molar-refractivity contribution in [3.05, 3.63) is 59.5 Å². The second kappa shape index (κ2) is 8.04. The lowest BCUT2D eigenvalue weighted by Crippen LogP contribution is -2.03. The normalized spacial score (nSPS) is 12.1. The van der Waals surface area contributed by atoms with Crippen molar-refractivity contribution in [2.45, 2.75) is 31.2 Å². The van der Waals surface area contributed by atoms with E-state index in [2.05, 4.69) is 45.6 Å². The van der Waals surface area contributed by atoms with Crippen molar-refractivity contribution in [2.24, 2.45) is 0 Å². The Balaban J connectivity index is 1.55. The average Bonchev–Trinajstić information content (AvgIpc) is 3.40. The highest BCUT2D eigenvalue weighted by Gasteiger charge is 2.21. The lowest BCUT2D eigenvalue weighted by Gasteiger charge is -2.10. The highest BCUT2D eigenvalue weighted by atomic mass is 32.2. The molecular formula is C20H20N6O2S. The first-order valence-corrected chi connectivity index (χ1v) is 9.94. The van der Waals surface area contributed by atoms with Gasteiger partial charge in [-0.15, -0.1) is 15.3 Å². The molecule has 0 saturated heterocycles. The Labute approximate surface area is 172 Å². The van der Waals surface area contributed by atoms with Crippen LogP contribution in [0.15, 0.2) is 52.0 Å². The predicted octanol–water partition coefficient (Wildman–Crippen LogP) is 4.19. The number of tetrazole rings is 1. The molecule has 1 unspecified atom stereocenters. The lowest BCUT2D eigenvalue weighted by atomic mass is 10.1. The summed E-state index contributed by atoms with van der Waals surface area (Å²) in [6, 6.07) is 13.5. The van der Waals surface area contributed by atoms with E-state index in [0.29, 0.717) is 16.9 Å². The van der Waals surface area contributed by atoms with Crippen LogP contribution in [0.1, 0.15) is 29.2 Å². The molecule has 148 valence electrons. The van der Waals surface area contributed by atoms with Gasteiger partial charge in [0.1, 0.15) is 5.75 Å². The largest absolute Gasteiger partial charge is 0.497 e. The highest BCUT2D eigenvalue weighted by molar-refractivity contribution is 7.99. The van der Waals surface area contributed by atoms with Gasteiger partial charge in [0.25, 0.3) is 0 Å². The molecule has 0 saturated carbocycles. The number of benzene rings is 2. The monoisotopic (exact) mass is 408 g/mol. The Bertz CT molecular complexity index is 1120. The van der Waals surface area contributed by atoms with Gasteiger partial charge in [-0.2, -0.15) is 4.68 Å². The summed E-state index contributed by atoms with van der Waals surface area (Å²) in [5, 5.41) is 21.1. The SMILES string of the molecule is COc1ccc(-c2nnc(C(C)Sc3nnnn3-c3cccc(C)c3C)o2)cc1. The second-order valence-electron chi connectivity index (χ2n) is 6.53. The molecule has 0 fully saturated rings. The first-order chi connectivity index (χ1) is 14.1. The summed E-state index contributed by atoms with van der Waals surface area (Å²) in [5.74, 6) is 1.75. The molecule has 4 rings (SSSR count). The molecular weight excluding hydrogens is 388 g/mol. The molecule has 8 nitrogen and oxygen atoms in total. The van der Waals surface area contributed by atoms with Crippen LogP contribution in [0.4, 0.5) is 0 Å². The number of aromatic nitrogens is 6. The van der Waals surface area contributed by atoms with Crippen LogP contribution in [0.2, 0.25) is 0 Å². The van der Waals surface area contributed by atoms with Crippen LogP contribution in [0.25, 0.3) is 17.1 Å². The third-order valence-electron chi connectivity index (χ3n) is 4.65. The molecule has 2 aromatic heterocycles. The molecule has 2 heterocycles. The van der Waals surface area contributed by atoms with Crippen molar-refractivity contribution in [2.75, 3.05) is 7.11 Å². The quantitative estimate of drug-likeness (QED) is 0.439. The molecule has 0 aliphatic heterocycles. The summed E-state index contributed by atoms with van der Waals surface area (Å²) in [4.78, 5) is 0. The number of methoxy groups -OCH3 is 1. The zero-order valence-corrected chi connectivity index (χ0v) is 17.3. The Hall–Kier alpha value is -3.20. The van der Waals surface area contributed by atoms with Crippen molar-refractivity contribution in [1.29, 1.82) is 0 Å². The van der Waals surface area contributed by atoms with Gasteiger partial charge < -0.3 is 9.15 Å². The van der Waals surface area contributed by atoms with E-state index in [-0.39, 0.29) is 5.25 Å². The van der Waals surface area contributed by atoms with Crippen LogP contribution < -0.4 is 4.74 Å². The number of hydrogen-bond acceptors (Lipinski definition) is 8. The van der Waals surface area contributed by atoms with Crippen molar-refractivity contribution in [3.8, 4) is 22.9 Å². The minimum atomic E-state index is -0.121. The van der Waals surface area contributed by atoms with E-state index < -0.39 is 0 Å². The smallest absolute Gasteiger partial charge is 0.247 e. The maximum absolute atomic E-state index is 5.88. The predicted molar refractivity (Wildman–Crippen MR) is 109 cm³/mol. The van der Waals surface area contributed by atoms with Gasteiger partial charge in [0, 0.05) is 5.56 Å². The number of nitrogens with zero attached hydrogens (tertiary/aromatic N) is 6. The second-order valence-corrected chi connectivity index (χ2v) is 7.83. The zero-order valence-electron chi connectivity index (χ0n) is 16.5. The fraction of sp³-hybridized carbons (Fsp3) is 0.250. The molecule has 29 heavy (non-hydrogen) atoms. The molecule has 2 aromatic carbocycles. The van der Waals surface area contributed by atoms with E-state index in [1.54, 1.807) is 11.8 Å². The molecule has 0 amide bonds. The van der Waals surface area contributed by atoms with Gasteiger partial charge in [-0.3, -0.25) is 0 Å².